The fourth-order valence-corrected chi connectivity index (χ4v) is 4.63. The van der Waals surface area contributed by atoms with Crippen LogP contribution in [0.5, 0.6) is 0 Å². The Bertz CT molecular complexity index is 232. The minimum Gasteiger partial charge on any atom is -0.0654 e. The highest BCUT2D eigenvalue weighted by Gasteiger charge is 2.41. The Hall–Kier alpha value is 0. The molecule has 0 aromatic rings. The molecule has 0 aromatic heterocycles. The first-order valence-corrected chi connectivity index (χ1v) is 8.13. The van der Waals surface area contributed by atoms with Crippen molar-refractivity contribution in [2.24, 2.45) is 35.5 Å². The summed E-state index contributed by atoms with van der Waals surface area (Å²) in [5.41, 5.74) is 0. The van der Waals surface area contributed by atoms with E-state index in [1.54, 1.807) is 6.42 Å². The van der Waals surface area contributed by atoms with E-state index >= 15 is 0 Å². The molecule has 2 aliphatic rings. The van der Waals surface area contributed by atoms with Gasteiger partial charge in [0.15, 0.2) is 0 Å². The number of unbranched alkanes of at least 4 members (excludes halogenated alkanes) is 1. The zero-order valence-electron chi connectivity index (χ0n) is 12.4. The van der Waals surface area contributed by atoms with Gasteiger partial charge in [-0.1, -0.05) is 47.0 Å². The minimum atomic E-state index is 0.976. The molecule has 17 heavy (non-hydrogen) atoms. The van der Waals surface area contributed by atoms with Gasteiger partial charge in [0.2, 0.25) is 0 Å². The quantitative estimate of drug-likeness (QED) is 0.605. The standard InChI is InChI=1S/C17H32/c1-5-6-7-15-8-9-16-10-12(2)13(3)11-17(16)14(15)4/h12-17H,5-11H2,1-4H3. The van der Waals surface area contributed by atoms with Crippen molar-refractivity contribution in [2.45, 2.75) is 72.6 Å². The van der Waals surface area contributed by atoms with Gasteiger partial charge in [0, 0.05) is 0 Å². The van der Waals surface area contributed by atoms with E-state index in [0.717, 1.165) is 35.5 Å². The molecule has 0 radical (unpaired) electrons. The Balaban J connectivity index is 1.95. The molecule has 0 nitrogen and oxygen atoms in total. The van der Waals surface area contributed by atoms with E-state index in [2.05, 4.69) is 27.7 Å². The second kappa shape index (κ2) is 5.76. The molecule has 0 saturated heterocycles. The average molecular weight is 236 g/mol. The number of hydrogen-bond acceptors (Lipinski definition) is 0. The molecule has 2 aliphatic carbocycles. The van der Waals surface area contributed by atoms with Crippen LogP contribution in [0.25, 0.3) is 0 Å². The fraction of sp³-hybridized carbons (Fsp3) is 1.00. The molecule has 6 unspecified atom stereocenters. The monoisotopic (exact) mass is 236 g/mol. The van der Waals surface area contributed by atoms with E-state index < -0.39 is 0 Å². The van der Waals surface area contributed by atoms with Crippen molar-refractivity contribution >= 4 is 0 Å². The maximum atomic E-state index is 2.57. The van der Waals surface area contributed by atoms with Crippen LogP contribution in [-0.4, -0.2) is 0 Å². The van der Waals surface area contributed by atoms with Crippen molar-refractivity contribution in [3.8, 4) is 0 Å². The molecular formula is C17H32. The molecule has 100 valence electrons. The molecule has 0 heterocycles. The van der Waals surface area contributed by atoms with E-state index in [1.165, 1.54) is 38.5 Å². The SMILES string of the molecule is CCCCC1CCC2CC(C)C(C)CC2C1C. The van der Waals surface area contributed by atoms with Gasteiger partial charge in [-0.2, -0.15) is 0 Å². The minimum absolute atomic E-state index is 0.976. The smallest absolute Gasteiger partial charge is 0.0355 e. The van der Waals surface area contributed by atoms with E-state index in [-0.39, 0.29) is 0 Å². The van der Waals surface area contributed by atoms with Crippen LogP contribution in [-0.2, 0) is 0 Å². The lowest BCUT2D eigenvalue weighted by molar-refractivity contribution is 0.0187. The Labute approximate surface area is 109 Å². The van der Waals surface area contributed by atoms with Gasteiger partial charge in [-0.05, 0) is 61.2 Å². The molecule has 6 atom stereocenters. The van der Waals surface area contributed by atoms with Crippen LogP contribution in [0.1, 0.15) is 72.6 Å². The zero-order valence-corrected chi connectivity index (χ0v) is 12.4. The van der Waals surface area contributed by atoms with E-state index in [1.807, 2.05) is 0 Å². The van der Waals surface area contributed by atoms with Crippen molar-refractivity contribution in [1.29, 1.82) is 0 Å². The van der Waals surface area contributed by atoms with Gasteiger partial charge in [-0.3, -0.25) is 0 Å². The highest BCUT2D eigenvalue weighted by Crippen LogP contribution is 2.50. The van der Waals surface area contributed by atoms with Gasteiger partial charge in [-0.15, -0.1) is 0 Å². The molecule has 0 bridgehead atoms. The van der Waals surface area contributed by atoms with Crippen LogP contribution in [0, 0.1) is 35.5 Å². The first kappa shape index (κ1) is 13.4. The van der Waals surface area contributed by atoms with Crippen LogP contribution < -0.4 is 0 Å². The summed E-state index contributed by atoms with van der Waals surface area (Å²) in [6, 6.07) is 0. The Morgan fingerprint density at radius 3 is 2.35 bits per heavy atom. The lowest BCUT2D eigenvalue weighted by Crippen LogP contribution is -2.39. The molecular weight excluding hydrogens is 204 g/mol. The third-order valence-electron chi connectivity index (χ3n) is 6.15. The normalized spacial score (nSPS) is 46.6. The molecule has 2 rings (SSSR count). The zero-order chi connectivity index (χ0) is 12.4. The predicted octanol–water partition coefficient (Wildman–Crippen LogP) is 5.52. The lowest BCUT2D eigenvalue weighted by atomic mass is 9.57. The fourth-order valence-electron chi connectivity index (χ4n) is 4.63. The molecule has 0 spiro atoms. The van der Waals surface area contributed by atoms with Crippen LogP contribution in [0.4, 0.5) is 0 Å². The summed E-state index contributed by atoms with van der Waals surface area (Å²) in [7, 11) is 0. The lowest BCUT2D eigenvalue weighted by Gasteiger charge is -2.48. The molecule has 0 aliphatic heterocycles. The third kappa shape index (κ3) is 2.88. The average Bonchev–Trinajstić information content (AvgIpc) is 2.31. The maximum Gasteiger partial charge on any atom is -0.0355 e. The maximum absolute atomic E-state index is 2.57. The summed E-state index contributed by atoms with van der Waals surface area (Å²) < 4.78 is 0. The van der Waals surface area contributed by atoms with E-state index in [0.29, 0.717) is 0 Å². The second-order valence-corrected chi connectivity index (χ2v) is 7.19. The van der Waals surface area contributed by atoms with Gasteiger partial charge >= 0.3 is 0 Å². The summed E-state index contributed by atoms with van der Waals surface area (Å²) in [6.07, 6.45) is 10.5. The molecule has 0 amide bonds. The summed E-state index contributed by atoms with van der Waals surface area (Å²) in [5, 5.41) is 0. The van der Waals surface area contributed by atoms with Crippen molar-refractivity contribution in [3.05, 3.63) is 0 Å². The Morgan fingerprint density at radius 1 is 0.941 bits per heavy atom. The van der Waals surface area contributed by atoms with Crippen LogP contribution in [0.3, 0.4) is 0 Å². The predicted molar refractivity (Wildman–Crippen MR) is 76.0 cm³/mol. The summed E-state index contributed by atoms with van der Waals surface area (Å²) in [5.74, 6) is 6.16. The number of rotatable bonds is 3. The largest absolute Gasteiger partial charge is 0.0654 e. The highest BCUT2D eigenvalue weighted by molar-refractivity contribution is 4.91. The third-order valence-corrected chi connectivity index (χ3v) is 6.15. The first-order valence-electron chi connectivity index (χ1n) is 8.13. The van der Waals surface area contributed by atoms with Crippen LogP contribution in [0.2, 0.25) is 0 Å². The van der Waals surface area contributed by atoms with Crippen molar-refractivity contribution in [2.75, 3.05) is 0 Å². The van der Waals surface area contributed by atoms with E-state index in [4.69, 9.17) is 0 Å². The van der Waals surface area contributed by atoms with Gasteiger partial charge in [0.05, 0.1) is 0 Å². The summed E-state index contributed by atoms with van der Waals surface area (Å²) in [4.78, 5) is 0. The Morgan fingerprint density at radius 2 is 1.65 bits per heavy atom. The molecule has 0 aromatic carbocycles. The number of fused-ring (bicyclic) bond motifs is 1. The van der Waals surface area contributed by atoms with E-state index in [9.17, 15) is 0 Å². The van der Waals surface area contributed by atoms with Gasteiger partial charge in [0.1, 0.15) is 0 Å². The summed E-state index contributed by atoms with van der Waals surface area (Å²) >= 11 is 0. The van der Waals surface area contributed by atoms with Gasteiger partial charge in [-0.25, -0.2) is 0 Å². The van der Waals surface area contributed by atoms with Crippen LogP contribution >= 0.6 is 0 Å². The molecule has 2 saturated carbocycles. The van der Waals surface area contributed by atoms with Crippen molar-refractivity contribution < 1.29 is 0 Å². The van der Waals surface area contributed by atoms with Crippen molar-refractivity contribution in [1.82, 2.24) is 0 Å². The first-order chi connectivity index (χ1) is 8.13. The summed E-state index contributed by atoms with van der Waals surface area (Å²) in [6.45, 7) is 9.87. The second-order valence-electron chi connectivity index (χ2n) is 7.19. The molecule has 2 fully saturated rings. The topological polar surface area (TPSA) is 0 Å². The Kier molecular flexibility index (Phi) is 4.55. The molecule has 0 heteroatoms. The molecule has 0 N–H and O–H groups in total. The number of hydrogen-bond donors (Lipinski definition) is 0. The highest BCUT2D eigenvalue weighted by atomic mass is 14.5. The van der Waals surface area contributed by atoms with Crippen molar-refractivity contribution in [3.63, 3.8) is 0 Å². The van der Waals surface area contributed by atoms with Gasteiger partial charge < -0.3 is 0 Å². The van der Waals surface area contributed by atoms with Gasteiger partial charge in [0.25, 0.3) is 0 Å². The van der Waals surface area contributed by atoms with Crippen LogP contribution in [0.15, 0.2) is 0 Å².